The molecule has 0 aliphatic carbocycles. The number of nitrogens with zero attached hydrogens (tertiary/aromatic N) is 7. The van der Waals surface area contributed by atoms with Gasteiger partial charge in [-0.3, -0.25) is 24.5 Å². The number of pyridine rings is 1. The average Bonchev–Trinajstić information content (AvgIpc) is 3.98. The predicted octanol–water partition coefficient (Wildman–Crippen LogP) is 5.56. The van der Waals surface area contributed by atoms with E-state index < -0.39 is 18.8 Å². The summed E-state index contributed by atoms with van der Waals surface area (Å²) in [5.74, 6) is 1.99. The van der Waals surface area contributed by atoms with E-state index in [1.165, 1.54) is 0 Å². The summed E-state index contributed by atoms with van der Waals surface area (Å²) in [6, 6.07) is 10.9. The molecule has 7 aliphatic heterocycles. The summed E-state index contributed by atoms with van der Waals surface area (Å²) >= 11 is 0. The molecule has 13 nitrogen and oxygen atoms in total. The first-order valence-corrected chi connectivity index (χ1v) is 22.1. The minimum Gasteiger partial charge on any atom is -0.489 e. The number of alkyl halides is 3. The summed E-state index contributed by atoms with van der Waals surface area (Å²) in [4.78, 5) is 40.9. The summed E-state index contributed by atoms with van der Waals surface area (Å²) in [5.41, 5.74) is 6.63. The maximum atomic E-state index is 14.0. The first-order valence-electron chi connectivity index (χ1n) is 22.1. The molecule has 4 fully saturated rings. The smallest absolute Gasteiger partial charge is 0.401 e. The highest BCUT2D eigenvalue weighted by atomic mass is 19.4. The SMILES string of the molecule is C=C1NC(=O)CC[C@@H]1N1Cc2c(ccc3c2OCC2CN(CC4COC5(CCN(c6ccc([C@H]7c8ccc9[nH]ncc9c8C[C@@H](C)N7CC(F)(F)F)cn6)CC5)C4)CCN32)C1=O. The molecule has 2 aromatic heterocycles. The van der Waals surface area contributed by atoms with Crippen molar-refractivity contribution < 1.29 is 32.2 Å². The predicted molar refractivity (Wildman–Crippen MR) is 226 cm³/mol. The van der Waals surface area contributed by atoms with Gasteiger partial charge in [-0.1, -0.05) is 18.7 Å². The number of piperazine rings is 1. The normalized spacial score (nSPS) is 27.6. The largest absolute Gasteiger partial charge is 0.489 e. The lowest BCUT2D eigenvalue weighted by molar-refractivity contribution is -0.155. The topological polar surface area (TPSA) is 122 Å². The Hall–Kier alpha value is -5.19. The van der Waals surface area contributed by atoms with Crippen molar-refractivity contribution >= 4 is 34.2 Å². The van der Waals surface area contributed by atoms with Crippen LogP contribution >= 0.6 is 0 Å². The van der Waals surface area contributed by atoms with E-state index in [2.05, 4.69) is 36.8 Å². The third kappa shape index (κ3) is 6.89. The van der Waals surface area contributed by atoms with E-state index in [0.717, 1.165) is 116 Å². The molecular formula is C46H52F3N9O4. The Morgan fingerprint density at radius 1 is 0.984 bits per heavy atom. The van der Waals surface area contributed by atoms with Gasteiger partial charge in [-0.25, -0.2) is 4.98 Å². The quantitative estimate of drug-likeness (QED) is 0.255. The summed E-state index contributed by atoms with van der Waals surface area (Å²) in [6.45, 7) is 12.0. The van der Waals surface area contributed by atoms with Gasteiger partial charge in [-0.05, 0) is 85.9 Å². The summed E-state index contributed by atoms with van der Waals surface area (Å²) in [7, 11) is 0. The molecule has 0 radical (unpaired) electrons. The molecule has 4 saturated heterocycles. The van der Waals surface area contributed by atoms with Crippen molar-refractivity contribution in [2.75, 3.05) is 68.8 Å². The van der Waals surface area contributed by atoms with E-state index in [1.54, 1.807) is 17.3 Å². The molecule has 1 spiro atoms. The number of ether oxygens (including phenoxy) is 2. The lowest BCUT2D eigenvalue weighted by atomic mass is 9.84. The number of piperidine rings is 2. The summed E-state index contributed by atoms with van der Waals surface area (Å²) < 4.78 is 55.0. The van der Waals surface area contributed by atoms with Crippen LogP contribution in [0.15, 0.2) is 61.1 Å². The highest BCUT2D eigenvalue weighted by Crippen LogP contribution is 2.46. The number of anilines is 2. The fraction of sp³-hybridized carbons (Fsp3) is 0.522. The van der Waals surface area contributed by atoms with Gasteiger partial charge in [0.2, 0.25) is 5.91 Å². The van der Waals surface area contributed by atoms with Gasteiger partial charge in [0.15, 0.2) is 0 Å². The molecule has 62 heavy (non-hydrogen) atoms. The summed E-state index contributed by atoms with van der Waals surface area (Å²) in [6.07, 6.45) is 3.48. The van der Waals surface area contributed by atoms with Crippen LogP contribution in [0.3, 0.4) is 0 Å². The average molecular weight is 852 g/mol. The molecule has 16 heteroatoms. The van der Waals surface area contributed by atoms with Crippen molar-refractivity contribution in [3.05, 3.63) is 88.9 Å². The van der Waals surface area contributed by atoms with Crippen LogP contribution in [0.25, 0.3) is 10.9 Å². The van der Waals surface area contributed by atoms with E-state index in [0.29, 0.717) is 49.6 Å². The number of benzene rings is 2. The summed E-state index contributed by atoms with van der Waals surface area (Å²) in [5, 5.41) is 11.0. The molecule has 9 heterocycles. The number of nitrogens with one attached hydrogen (secondary N) is 2. The Balaban J connectivity index is 0.705. The number of aromatic nitrogens is 3. The van der Waals surface area contributed by atoms with E-state index in [1.807, 2.05) is 48.2 Å². The molecule has 0 saturated carbocycles. The number of amides is 2. The van der Waals surface area contributed by atoms with Gasteiger partial charge in [-0.15, -0.1) is 0 Å². The molecule has 2 N–H and O–H groups in total. The van der Waals surface area contributed by atoms with Crippen molar-refractivity contribution in [3.8, 4) is 5.75 Å². The lowest BCUT2D eigenvalue weighted by Crippen LogP contribution is -2.58. The number of hydrogen-bond donors (Lipinski definition) is 2. The maximum Gasteiger partial charge on any atom is 0.401 e. The number of carbonyl (C=O) groups is 2. The number of rotatable bonds is 6. The Kier molecular flexibility index (Phi) is 9.58. The molecule has 11 rings (SSSR count). The van der Waals surface area contributed by atoms with Crippen LogP contribution in [0, 0.1) is 5.92 Å². The Morgan fingerprint density at radius 2 is 1.84 bits per heavy atom. The van der Waals surface area contributed by atoms with Crippen LogP contribution in [0.4, 0.5) is 24.7 Å². The molecule has 4 aromatic rings. The molecule has 5 atom stereocenters. The van der Waals surface area contributed by atoms with Gasteiger partial charge in [0, 0.05) is 80.1 Å². The molecule has 0 bridgehead atoms. The zero-order chi connectivity index (χ0) is 42.5. The Bertz CT molecular complexity index is 2430. The van der Waals surface area contributed by atoms with Crippen LogP contribution in [-0.2, 0) is 22.5 Å². The number of fused-ring (bicyclic) bond motifs is 8. The van der Waals surface area contributed by atoms with Crippen LogP contribution in [0.2, 0.25) is 0 Å². The van der Waals surface area contributed by atoms with E-state index >= 15 is 0 Å². The van der Waals surface area contributed by atoms with Crippen LogP contribution in [0.5, 0.6) is 5.75 Å². The number of aromatic amines is 1. The van der Waals surface area contributed by atoms with Gasteiger partial charge in [0.05, 0.1) is 60.8 Å². The molecule has 2 aromatic carbocycles. The molecule has 326 valence electrons. The number of hydrogen-bond acceptors (Lipinski definition) is 10. The van der Waals surface area contributed by atoms with Crippen LogP contribution in [-0.4, -0.2) is 131 Å². The van der Waals surface area contributed by atoms with E-state index in [4.69, 9.17) is 14.5 Å². The fourth-order valence-electron chi connectivity index (χ4n) is 11.8. The lowest BCUT2D eigenvalue weighted by Gasteiger charge is -2.46. The second-order valence-corrected chi connectivity index (χ2v) is 18.6. The van der Waals surface area contributed by atoms with Crippen molar-refractivity contribution in [2.24, 2.45) is 5.92 Å². The highest BCUT2D eigenvalue weighted by molar-refractivity contribution is 6.01. The Labute approximate surface area is 358 Å². The van der Waals surface area contributed by atoms with Crippen molar-refractivity contribution in [3.63, 3.8) is 0 Å². The molecule has 2 unspecified atom stereocenters. The molecule has 7 aliphatic rings. The zero-order valence-electron chi connectivity index (χ0n) is 34.9. The monoisotopic (exact) mass is 851 g/mol. The minimum atomic E-state index is -4.33. The number of carbonyl (C=O) groups excluding carboxylic acids is 2. The minimum absolute atomic E-state index is 0.0381. The van der Waals surface area contributed by atoms with Gasteiger partial charge < -0.3 is 29.5 Å². The standard InChI is InChI=1S/C46H52F3N9O4/c1-27-17-34-32(4-6-37-35(34)20-51-53-37)42(58(27)26-46(47,48)49)30-3-9-40(50-19-30)55-13-11-45(12-14-55)18-29(24-62-45)21-54-15-16-56-31(22-54)25-61-43-36-23-57(38-8-10-41(59)52-28(38)2)44(60)33(36)5-7-39(43)56/h3-7,9,19-20,27,29,31,38,42H,2,8,10-18,21-26H2,1H3,(H,51,53)(H,52,59)/t27-,29?,31?,38+,42+/m1/s1. The van der Waals surface area contributed by atoms with E-state index in [9.17, 15) is 22.8 Å². The first-order chi connectivity index (χ1) is 29.9. The van der Waals surface area contributed by atoms with Crippen LogP contribution in [0.1, 0.15) is 77.7 Å². The van der Waals surface area contributed by atoms with E-state index in [-0.39, 0.29) is 35.5 Å². The maximum absolute atomic E-state index is 14.0. The van der Waals surface area contributed by atoms with Gasteiger partial charge in [0.1, 0.15) is 18.2 Å². The fourth-order valence-corrected chi connectivity index (χ4v) is 11.8. The number of H-pyrrole nitrogens is 1. The first kappa shape index (κ1) is 39.6. The molecule has 2 amide bonds. The van der Waals surface area contributed by atoms with Crippen molar-refractivity contribution in [1.29, 1.82) is 0 Å². The molecular weight excluding hydrogens is 800 g/mol. The van der Waals surface area contributed by atoms with Gasteiger partial charge in [-0.2, -0.15) is 18.3 Å². The third-order valence-electron chi connectivity index (χ3n) is 14.8. The number of halogens is 3. The van der Waals surface area contributed by atoms with Gasteiger partial charge in [0.25, 0.3) is 5.91 Å². The van der Waals surface area contributed by atoms with Crippen LogP contribution < -0.4 is 19.9 Å². The zero-order valence-corrected chi connectivity index (χ0v) is 34.9. The van der Waals surface area contributed by atoms with Gasteiger partial charge >= 0.3 is 6.18 Å². The van der Waals surface area contributed by atoms with Crippen molar-refractivity contribution in [1.82, 2.24) is 35.2 Å². The second kappa shape index (κ2) is 15.0. The third-order valence-corrected chi connectivity index (χ3v) is 14.8. The second-order valence-electron chi connectivity index (χ2n) is 18.6. The Morgan fingerprint density at radius 3 is 2.63 bits per heavy atom. The van der Waals surface area contributed by atoms with Crippen molar-refractivity contribution in [2.45, 2.75) is 87.9 Å². The highest BCUT2D eigenvalue weighted by Gasteiger charge is 2.46.